The second-order valence-electron chi connectivity index (χ2n) is 12.6. The van der Waals surface area contributed by atoms with Gasteiger partial charge in [0.1, 0.15) is 5.75 Å². The van der Waals surface area contributed by atoms with Crippen molar-refractivity contribution in [1.29, 1.82) is 0 Å². The lowest BCUT2D eigenvalue weighted by Gasteiger charge is -2.43. The molecule has 3 heterocycles. The van der Waals surface area contributed by atoms with Crippen LogP contribution < -0.4 is 19.8 Å². The first-order valence-electron chi connectivity index (χ1n) is 15.2. The fourth-order valence-corrected chi connectivity index (χ4v) is 11.1. The quantitative estimate of drug-likeness (QED) is 0.261. The van der Waals surface area contributed by atoms with Gasteiger partial charge in [-0.3, -0.25) is 24.1 Å². The summed E-state index contributed by atoms with van der Waals surface area (Å²) in [6, 6.07) is 22.8. The zero-order valence-electron chi connectivity index (χ0n) is 24.7. The van der Waals surface area contributed by atoms with Gasteiger partial charge in [0.15, 0.2) is 6.61 Å². The van der Waals surface area contributed by atoms with E-state index in [1.165, 1.54) is 16.2 Å². The molecule has 2 aliphatic carbocycles. The molecule has 10 heteroatoms. The number of nitrogens with one attached hydrogen (secondary N) is 2. The number of aromatic amines is 1. The van der Waals surface area contributed by atoms with Crippen LogP contribution >= 0.6 is 23.1 Å². The molecule has 228 valence electrons. The van der Waals surface area contributed by atoms with E-state index in [1.807, 2.05) is 86.6 Å². The van der Waals surface area contributed by atoms with Crippen LogP contribution in [0.4, 0.5) is 11.4 Å². The number of carbonyl (C=O) groups is 3. The van der Waals surface area contributed by atoms with Gasteiger partial charge in [0.25, 0.3) is 5.91 Å². The molecule has 4 unspecified atom stereocenters. The van der Waals surface area contributed by atoms with Crippen LogP contribution in [0, 0.1) is 43.4 Å². The number of nitrogens with zero attached hydrogens (tertiary/aromatic N) is 1. The first-order valence-corrected chi connectivity index (χ1v) is 16.9. The Labute approximate surface area is 268 Å². The summed E-state index contributed by atoms with van der Waals surface area (Å²) in [5, 5.41) is 3.79. The SMILES string of the molecule is Cc1ccc(N2C(=O)C3C(C2=O)[C@@H]2C[C@H]3C3Sc4[nH]c(=O)sc4[C@H](c4ccccc4OCC(=O)Nc4cccc(C)c4)C32)cc1. The van der Waals surface area contributed by atoms with Crippen LogP contribution in [0.3, 0.4) is 0 Å². The zero-order valence-corrected chi connectivity index (χ0v) is 26.3. The van der Waals surface area contributed by atoms with Crippen molar-refractivity contribution in [2.24, 2.45) is 29.6 Å². The Morgan fingerprint density at radius 2 is 1.69 bits per heavy atom. The number of hydrogen-bond donors (Lipinski definition) is 2. The Morgan fingerprint density at radius 3 is 2.47 bits per heavy atom. The van der Waals surface area contributed by atoms with Crippen molar-refractivity contribution < 1.29 is 19.1 Å². The average molecular weight is 638 g/mol. The van der Waals surface area contributed by atoms with Crippen molar-refractivity contribution in [2.45, 2.75) is 36.5 Å². The van der Waals surface area contributed by atoms with Crippen molar-refractivity contribution >= 4 is 52.2 Å². The Balaban J connectivity index is 1.12. The van der Waals surface area contributed by atoms with E-state index >= 15 is 0 Å². The summed E-state index contributed by atoms with van der Waals surface area (Å²) in [5.74, 6) is -0.840. The highest BCUT2D eigenvalue weighted by Crippen LogP contribution is 2.69. The minimum absolute atomic E-state index is 0.0163. The molecule has 2 N–H and O–H groups in total. The number of amides is 3. The van der Waals surface area contributed by atoms with Crippen molar-refractivity contribution in [2.75, 3.05) is 16.8 Å². The number of anilines is 2. The number of carbonyl (C=O) groups excluding carboxylic acids is 3. The van der Waals surface area contributed by atoms with Crippen molar-refractivity contribution in [1.82, 2.24) is 4.98 Å². The average Bonchev–Trinajstić information content (AvgIpc) is 3.76. The number of aromatic nitrogens is 1. The number of ether oxygens (including phenoxy) is 1. The summed E-state index contributed by atoms with van der Waals surface area (Å²) in [6.07, 6.45) is 0.800. The van der Waals surface area contributed by atoms with Crippen molar-refractivity contribution in [3.8, 4) is 5.75 Å². The highest BCUT2D eigenvalue weighted by atomic mass is 32.2. The molecule has 0 radical (unpaired) electrons. The Hall–Kier alpha value is -4.15. The van der Waals surface area contributed by atoms with Crippen LogP contribution in [0.25, 0.3) is 0 Å². The van der Waals surface area contributed by atoms with Crippen LogP contribution in [0.15, 0.2) is 82.6 Å². The van der Waals surface area contributed by atoms with E-state index < -0.39 is 5.92 Å². The normalized spacial score (nSPS) is 27.7. The third-order valence-corrected chi connectivity index (χ3v) is 12.5. The molecule has 4 aliphatic rings. The number of hydrogen-bond acceptors (Lipinski definition) is 7. The lowest BCUT2D eigenvalue weighted by Crippen LogP contribution is -2.42. The van der Waals surface area contributed by atoms with Gasteiger partial charge < -0.3 is 15.0 Å². The van der Waals surface area contributed by atoms with Gasteiger partial charge in [-0.1, -0.05) is 59.4 Å². The molecular weight excluding hydrogens is 607 g/mol. The van der Waals surface area contributed by atoms with Crippen LogP contribution in [0.1, 0.15) is 33.9 Å². The first-order chi connectivity index (χ1) is 21.8. The molecule has 2 saturated carbocycles. The molecule has 4 aromatic rings. The van der Waals surface area contributed by atoms with Crippen LogP contribution in [0.2, 0.25) is 0 Å². The minimum Gasteiger partial charge on any atom is -0.483 e. The number of H-pyrrole nitrogens is 1. The number of thioether (sulfide) groups is 1. The number of para-hydroxylation sites is 1. The second kappa shape index (κ2) is 10.7. The van der Waals surface area contributed by atoms with E-state index in [4.69, 9.17) is 4.74 Å². The smallest absolute Gasteiger partial charge is 0.305 e. The first kappa shape index (κ1) is 28.3. The van der Waals surface area contributed by atoms with Gasteiger partial charge in [-0.05, 0) is 73.9 Å². The monoisotopic (exact) mass is 637 g/mol. The summed E-state index contributed by atoms with van der Waals surface area (Å²) in [6.45, 7) is 3.77. The van der Waals surface area contributed by atoms with E-state index in [-0.39, 0.29) is 64.0 Å². The molecular formula is C35H31N3O5S2. The van der Waals surface area contributed by atoms with E-state index in [0.29, 0.717) is 17.1 Å². The Bertz CT molecular complexity index is 1920. The largest absolute Gasteiger partial charge is 0.483 e. The zero-order chi connectivity index (χ0) is 31.0. The maximum absolute atomic E-state index is 14.0. The second-order valence-corrected chi connectivity index (χ2v) is 14.8. The number of benzene rings is 3. The highest BCUT2D eigenvalue weighted by molar-refractivity contribution is 8.00. The number of imide groups is 1. The van der Waals surface area contributed by atoms with Gasteiger partial charge in [0.2, 0.25) is 11.8 Å². The van der Waals surface area contributed by atoms with Gasteiger partial charge in [0, 0.05) is 27.3 Å². The Kier molecular flexibility index (Phi) is 6.76. The third kappa shape index (κ3) is 4.56. The Morgan fingerprint density at radius 1 is 0.933 bits per heavy atom. The number of thiazole rings is 1. The van der Waals surface area contributed by atoms with E-state index in [9.17, 15) is 19.2 Å². The fourth-order valence-electron chi connectivity index (χ4n) is 8.25. The maximum Gasteiger partial charge on any atom is 0.305 e. The predicted molar refractivity (Wildman–Crippen MR) is 174 cm³/mol. The highest BCUT2D eigenvalue weighted by Gasteiger charge is 2.69. The van der Waals surface area contributed by atoms with Crippen LogP contribution in [0.5, 0.6) is 5.75 Å². The van der Waals surface area contributed by atoms with Crippen molar-refractivity contribution in [3.63, 3.8) is 0 Å². The summed E-state index contributed by atoms with van der Waals surface area (Å²) < 4.78 is 6.18. The molecule has 8 rings (SSSR count). The van der Waals surface area contributed by atoms with Gasteiger partial charge in [0.05, 0.1) is 22.5 Å². The lowest BCUT2D eigenvalue weighted by atomic mass is 9.68. The number of fused-ring (bicyclic) bond motifs is 9. The summed E-state index contributed by atoms with van der Waals surface area (Å²) in [7, 11) is 0. The summed E-state index contributed by atoms with van der Waals surface area (Å²) in [4.78, 5) is 58.8. The summed E-state index contributed by atoms with van der Waals surface area (Å²) >= 11 is 2.86. The molecule has 2 bridgehead atoms. The third-order valence-electron chi connectivity index (χ3n) is 9.93. The summed E-state index contributed by atoms with van der Waals surface area (Å²) in [5.41, 5.74) is 4.34. The molecule has 0 spiro atoms. The molecule has 3 amide bonds. The molecule has 3 aromatic carbocycles. The minimum atomic E-state index is -0.390. The fraction of sp³-hybridized carbons (Fsp3) is 0.314. The lowest BCUT2D eigenvalue weighted by molar-refractivity contribution is -0.123. The van der Waals surface area contributed by atoms with Crippen LogP contribution in [-0.2, 0) is 14.4 Å². The maximum atomic E-state index is 14.0. The van der Waals surface area contributed by atoms with Crippen LogP contribution in [-0.4, -0.2) is 34.6 Å². The molecule has 3 fully saturated rings. The molecule has 7 atom stereocenters. The standard InChI is InChI=1S/C35H31N3O5S2/c1-17-10-12-20(13-11-17)38-33(40)28-22-15-23(29(28)34(38)41)30-27(22)26(31-32(44-30)37-35(42)45-31)21-8-3-4-9-24(21)43-16-25(39)36-19-7-5-6-18(2)14-19/h3-14,22-23,26-30H,15-16H2,1-2H3,(H,36,39)(H,37,42)/t22-,23-,26-,27?,28?,29?,30?/m1/s1. The molecule has 1 aromatic heterocycles. The molecule has 1 saturated heterocycles. The molecule has 45 heavy (non-hydrogen) atoms. The number of rotatable bonds is 6. The van der Waals surface area contributed by atoms with E-state index in [0.717, 1.165) is 33.0 Å². The molecule has 8 nitrogen and oxygen atoms in total. The van der Waals surface area contributed by atoms with Gasteiger partial charge in [-0.15, -0.1) is 11.8 Å². The van der Waals surface area contributed by atoms with E-state index in [1.54, 1.807) is 11.8 Å². The van der Waals surface area contributed by atoms with Gasteiger partial charge in [-0.2, -0.15) is 0 Å². The molecule has 2 aliphatic heterocycles. The topological polar surface area (TPSA) is 109 Å². The van der Waals surface area contributed by atoms with Crippen molar-refractivity contribution in [3.05, 3.63) is 104 Å². The van der Waals surface area contributed by atoms with Gasteiger partial charge >= 0.3 is 4.87 Å². The van der Waals surface area contributed by atoms with E-state index in [2.05, 4.69) is 10.3 Å². The predicted octanol–water partition coefficient (Wildman–Crippen LogP) is 5.75. The van der Waals surface area contributed by atoms with Gasteiger partial charge in [-0.25, -0.2) is 0 Å². The number of aryl methyl sites for hydroxylation is 2.